The number of allylic oxidation sites excluding steroid dienone is 4. The Bertz CT molecular complexity index is 3300. The van der Waals surface area contributed by atoms with Gasteiger partial charge in [-0.2, -0.15) is 13.2 Å². The Kier molecular flexibility index (Phi) is 38.9. The minimum Gasteiger partial charge on any atom is -0.385 e. The highest BCUT2D eigenvalue weighted by molar-refractivity contribution is 6.30. The van der Waals surface area contributed by atoms with Crippen LogP contribution >= 0.6 is 11.6 Å². The second-order valence-electron chi connectivity index (χ2n) is 36.6. The molecule has 0 amide bonds. The van der Waals surface area contributed by atoms with Crippen LogP contribution in [0.15, 0.2) is 144 Å². The summed E-state index contributed by atoms with van der Waals surface area (Å²) in [5, 5.41) is 0.803. The molecule has 5 aliphatic rings. The van der Waals surface area contributed by atoms with E-state index in [0.717, 1.165) is 99.6 Å². The number of hydrogen-bond donors (Lipinski definition) is 0. The number of alkyl halides is 4. The Morgan fingerprint density at radius 1 is 0.413 bits per heavy atom. The van der Waals surface area contributed by atoms with E-state index in [0.29, 0.717) is 37.1 Å². The Morgan fingerprint density at radius 3 is 1.02 bits per heavy atom. The van der Waals surface area contributed by atoms with Gasteiger partial charge < -0.3 is 19.1 Å². The van der Waals surface area contributed by atoms with Gasteiger partial charge in [-0.3, -0.25) is 19.6 Å². The highest BCUT2D eigenvalue weighted by Gasteiger charge is 2.37. The average Bonchev–Trinajstić information content (AvgIpc) is 0.818. The Balaban J connectivity index is 0.000000228. The summed E-state index contributed by atoms with van der Waals surface area (Å²) in [5.41, 5.74) is 12.9. The first kappa shape index (κ1) is 93.2. The lowest BCUT2D eigenvalue weighted by Crippen LogP contribution is -2.44. The van der Waals surface area contributed by atoms with Crippen LogP contribution in [0.3, 0.4) is 0 Å². The van der Waals surface area contributed by atoms with Crippen molar-refractivity contribution in [3.63, 3.8) is 0 Å². The SMILES string of the molecule is CC(C)=CC(CC(C)(C)c1ccc(C(F)(F)F)cc1)N1CCC(F)CC1.COC1CCN(C(C=C(C)C)CC(C)(C)c2ccc(Cl)cc2)CC1.COCCCC1CCN(C(C=C(C)C)CC(C)(C)c2ccc(C)cc2)CC1.COCCCC1CCN(C(C=C(C)C)CC(C)(C)c2ccc(N3CCCCC3)cc2)CC1. The fourth-order valence-electron chi connectivity index (χ4n) is 17.4. The molecule has 8 nitrogen and oxygen atoms in total. The summed E-state index contributed by atoms with van der Waals surface area (Å²) in [4.78, 5) is 13.0. The molecule has 5 aliphatic heterocycles. The van der Waals surface area contributed by atoms with Crippen LogP contribution in [0.2, 0.25) is 5.02 Å². The quantitative estimate of drug-likeness (QED) is 0.0291. The van der Waals surface area contributed by atoms with Crippen molar-refractivity contribution in [2.75, 3.05) is 105 Å². The first-order chi connectivity index (χ1) is 51.5. The van der Waals surface area contributed by atoms with E-state index in [1.807, 2.05) is 47.3 Å². The maximum absolute atomic E-state index is 13.5. The zero-order chi connectivity index (χ0) is 80.1. The highest BCUT2D eigenvalue weighted by Crippen LogP contribution is 2.40. The largest absolute Gasteiger partial charge is 0.416 e. The smallest absolute Gasteiger partial charge is 0.385 e. The predicted molar refractivity (Wildman–Crippen MR) is 458 cm³/mol. The molecule has 0 aliphatic carbocycles. The van der Waals surface area contributed by atoms with Gasteiger partial charge in [-0.05, 0) is 303 Å². The Hall–Kier alpha value is -4.63. The van der Waals surface area contributed by atoms with Crippen molar-refractivity contribution >= 4 is 17.3 Å². The molecule has 0 spiro atoms. The predicted octanol–water partition coefficient (Wildman–Crippen LogP) is 24.5. The number of nitrogens with zero attached hydrogens (tertiary/aromatic N) is 5. The van der Waals surface area contributed by atoms with E-state index < -0.39 is 17.9 Å². The van der Waals surface area contributed by atoms with Gasteiger partial charge in [0.1, 0.15) is 6.17 Å². The number of rotatable bonds is 30. The fraction of sp³-hybridized carbons (Fsp3) is 0.667. The third kappa shape index (κ3) is 32.3. The molecule has 5 saturated heterocycles. The van der Waals surface area contributed by atoms with E-state index in [-0.39, 0.29) is 27.7 Å². The lowest BCUT2D eigenvalue weighted by atomic mass is 9.77. The topological polar surface area (TPSA) is 43.9 Å². The molecule has 0 saturated carbocycles. The van der Waals surface area contributed by atoms with Gasteiger partial charge in [-0.25, -0.2) is 4.39 Å². The first-order valence-electron chi connectivity index (χ1n) is 42.1. The van der Waals surface area contributed by atoms with Gasteiger partial charge in [0.25, 0.3) is 0 Å². The number of likely N-dealkylation sites (tertiary alicyclic amines) is 4. The zero-order valence-electron chi connectivity index (χ0n) is 71.9. The van der Waals surface area contributed by atoms with E-state index in [1.165, 1.54) is 173 Å². The van der Waals surface area contributed by atoms with Crippen LogP contribution in [0.1, 0.15) is 266 Å². The number of methoxy groups -OCH3 is 3. The number of halogens is 5. The number of anilines is 1. The molecule has 0 radical (unpaired) electrons. The molecule has 13 heteroatoms. The van der Waals surface area contributed by atoms with Gasteiger partial charge in [-0.15, -0.1) is 0 Å². The van der Waals surface area contributed by atoms with Crippen molar-refractivity contribution in [1.82, 2.24) is 19.6 Å². The monoisotopic (exact) mass is 1530 g/mol. The summed E-state index contributed by atoms with van der Waals surface area (Å²) in [6.07, 6.45) is 27.1. The molecular weight excluding hydrogens is 1380 g/mol. The van der Waals surface area contributed by atoms with Crippen molar-refractivity contribution in [3.05, 3.63) is 182 Å². The van der Waals surface area contributed by atoms with Gasteiger partial charge in [0.2, 0.25) is 0 Å². The molecule has 0 N–H and O–H groups in total. The summed E-state index contributed by atoms with van der Waals surface area (Å²) in [6.45, 7) is 51.0. The molecule has 4 atom stereocenters. The fourth-order valence-corrected chi connectivity index (χ4v) is 17.5. The lowest BCUT2D eigenvalue weighted by Gasteiger charge is -2.40. The normalized spacial score (nSPS) is 18.7. The minimum atomic E-state index is -4.32. The number of hydrogen-bond acceptors (Lipinski definition) is 8. The van der Waals surface area contributed by atoms with E-state index in [1.54, 1.807) is 12.1 Å². The molecule has 0 bridgehead atoms. The van der Waals surface area contributed by atoms with Crippen LogP contribution in [0.5, 0.6) is 0 Å². The maximum atomic E-state index is 13.5. The van der Waals surface area contributed by atoms with E-state index in [9.17, 15) is 17.6 Å². The van der Waals surface area contributed by atoms with Gasteiger partial charge in [0.05, 0.1) is 11.7 Å². The van der Waals surface area contributed by atoms with Crippen LogP contribution in [0.4, 0.5) is 23.2 Å². The van der Waals surface area contributed by atoms with Crippen LogP contribution in [0, 0.1) is 18.8 Å². The zero-order valence-corrected chi connectivity index (χ0v) is 72.7. The van der Waals surface area contributed by atoms with Crippen molar-refractivity contribution in [1.29, 1.82) is 0 Å². The van der Waals surface area contributed by atoms with Crippen LogP contribution in [-0.2, 0) is 42.0 Å². The van der Waals surface area contributed by atoms with Crippen LogP contribution < -0.4 is 4.90 Å². The molecule has 9 rings (SSSR count). The molecule has 4 aromatic rings. The molecule has 109 heavy (non-hydrogen) atoms. The van der Waals surface area contributed by atoms with Gasteiger partial charge in [-0.1, -0.05) is 180 Å². The number of piperidine rings is 5. The molecule has 5 fully saturated rings. The van der Waals surface area contributed by atoms with Crippen LogP contribution in [0.25, 0.3) is 0 Å². The highest BCUT2D eigenvalue weighted by atomic mass is 35.5. The third-order valence-corrected chi connectivity index (χ3v) is 24.4. The van der Waals surface area contributed by atoms with Gasteiger partial charge in [0.15, 0.2) is 0 Å². The average molecular weight is 1530 g/mol. The maximum Gasteiger partial charge on any atom is 0.416 e. The van der Waals surface area contributed by atoms with Crippen LogP contribution in [-0.4, -0.2) is 156 Å². The molecule has 612 valence electrons. The van der Waals surface area contributed by atoms with Crippen molar-refractivity contribution in [3.8, 4) is 0 Å². The van der Waals surface area contributed by atoms with Crippen molar-refractivity contribution in [2.24, 2.45) is 11.8 Å². The summed E-state index contributed by atoms with van der Waals surface area (Å²) in [7, 11) is 5.45. The second kappa shape index (κ2) is 45.5. The summed E-state index contributed by atoms with van der Waals surface area (Å²) < 4.78 is 67.9. The summed E-state index contributed by atoms with van der Waals surface area (Å²) in [5.74, 6) is 1.76. The standard InChI is InChI=1S/C29H48N2O.C25H41NO.C21H32ClNO.C21H29F4N/c1-24(2)22-28(31-19-15-25(16-20-31)10-9-21-32-5)23-29(3,4)26-11-13-27(14-12-26)30-17-7-6-8-18-30;1-20(2)18-24(19-25(4,5)23-11-9-21(3)10-12-23)26-15-13-22(14-16-26)8-7-17-27-6;1-16(2)14-19(23-12-10-20(24-5)11-13-23)15-21(3,4)17-6-8-18(22)9-7-17;1-15(2)13-19(26-11-9-18(22)10-12-26)14-20(3,4)16-5-7-17(8-6-16)21(23,24)25/h11-14,22,25,28H,6-10,15-21,23H2,1-5H3;9-12,18,22,24H,7-8,13-17,19H2,1-6H3;6-9,14,19-20H,10-13,15H2,1-5H3;5-8,13,18-19H,9-12,14H2,1-4H3. The Labute approximate surface area is 667 Å². The lowest BCUT2D eigenvalue weighted by molar-refractivity contribution is -0.137. The summed E-state index contributed by atoms with van der Waals surface area (Å²) in [6, 6.07) is 34.1. The van der Waals surface area contributed by atoms with Crippen molar-refractivity contribution in [2.45, 2.75) is 304 Å². The molecule has 5 heterocycles. The van der Waals surface area contributed by atoms with Crippen molar-refractivity contribution < 1.29 is 31.8 Å². The number of aryl methyl sites for hydroxylation is 1. The minimum absolute atomic E-state index is 0.110. The second-order valence-corrected chi connectivity index (χ2v) is 37.0. The molecule has 4 aromatic carbocycles. The third-order valence-electron chi connectivity index (χ3n) is 24.2. The van der Waals surface area contributed by atoms with E-state index >= 15 is 0 Å². The molecule has 0 aromatic heterocycles. The first-order valence-corrected chi connectivity index (χ1v) is 42.5. The number of benzene rings is 4. The van der Waals surface area contributed by atoms with Gasteiger partial charge in [0, 0.05) is 109 Å². The van der Waals surface area contributed by atoms with Gasteiger partial charge >= 0.3 is 6.18 Å². The molecular formula is C96H150ClF4N5O3. The van der Waals surface area contributed by atoms with E-state index in [2.05, 4.69) is 213 Å². The summed E-state index contributed by atoms with van der Waals surface area (Å²) >= 11 is 6.06. The van der Waals surface area contributed by atoms with E-state index in [4.69, 9.17) is 25.8 Å². The number of ether oxygens (including phenoxy) is 3. The molecule has 4 unspecified atom stereocenters. The Morgan fingerprint density at radius 2 is 0.706 bits per heavy atom.